The number of thiophene rings is 1. The van der Waals surface area contributed by atoms with Crippen LogP contribution in [0.4, 0.5) is 0 Å². The van der Waals surface area contributed by atoms with E-state index in [4.69, 9.17) is 9.41 Å². The Morgan fingerprint density at radius 3 is 1.89 bits per heavy atom. The van der Waals surface area contributed by atoms with Crippen molar-refractivity contribution in [2.75, 3.05) is 0 Å². The molecule has 3 aromatic heterocycles. The smallest absolute Gasteiger partial charge is 0.135 e. The maximum absolute atomic E-state index is 6.41. The summed E-state index contributed by atoms with van der Waals surface area (Å²) in [7, 11) is 0. The average molecular weight is 751 g/mol. The van der Waals surface area contributed by atoms with Gasteiger partial charge in [0.15, 0.2) is 0 Å². The van der Waals surface area contributed by atoms with Crippen molar-refractivity contribution in [2.45, 2.75) is 12.3 Å². The van der Waals surface area contributed by atoms with Gasteiger partial charge in [-0.25, -0.2) is 4.99 Å². The van der Waals surface area contributed by atoms with Gasteiger partial charge in [0.1, 0.15) is 29.3 Å². The van der Waals surface area contributed by atoms with Gasteiger partial charge in [-0.05, 0) is 82.9 Å². The Hall–Kier alpha value is -6.99. The van der Waals surface area contributed by atoms with E-state index in [0.29, 0.717) is 0 Å². The molecule has 0 saturated carbocycles. The Labute approximate surface area is 332 Å². The lowest BCUT2D eigenvalue weighted by Crippen LogP contribution is -2.44. The lowest BCUT2D eigenvalue weighted by atomic mass is 10.00. The van der Waals surface area contributed by atoms with Gasteiger partial charge in [0.05, 0.1) is 11.0 Å². The third-order valence-corrected chi connectivity index (χ3v) is 12.6. The van der Waals surface area contributed by atoms with Crippen LogP contribution in [0.2, 0.25) is 0 Å². The van der Waals surface area contributed by atoms with Crippen LogP contribution >= 0.6 is 11.3 Å². The number of para-hydroxylation sites is 2. The van der Waals surface area contributed by atoms with Crippen molar-refractivity contribution in [3.05, 3.63) is 199 Å². The van der Waals surface area contributed by atoms with Crippen LogP contribution in [0.3, 0.4) is 0 Å². The summed E-state index contributed by atoms with van der Waals surface area (Å²) >= 11 is 1.84. The van der Waals surface area contributed by atoms with Gasteiger partial charge in [0.25, 0.3) is 0 Å². The lowest BCUT2D eigenvalue weighted by molar-refractivity contribution is 0.409. The number of benzene rings is 8. The van der Waals surface area contributed by atoms with Gasteiger partial charge in [-0.1, -0.05) is 121 Å². The van der Waals surface area contributed by atoms with E-state index < -0.39 is 0 Å². The monoisotopic (exact) mass is 750 g/mol. The zero-order valence-electron chi connectivity index (χ0n) is 30.7. The SMILES string of the molecule is c1ccc(C2=NC(c3ccccc3)NC(c3ccc4c(c3)sc3ccc(-c5ccc6oc7ccc(-n8c9ccccc9c9ccccc98)cc7c6c5)cc34)N2)cc1. The second-order valence-corrected chi connectivity index (χ2v) is 15.9. The molecule has 57 heavy (non-hydrogen) atoms. The zero-order chi connectivity index (χ0) is 37.5. The molecule has 0 bridgehead atoms. The summed E-state index contributed by atoms with van der Waals surface area (Å²) in [5.74, 6) is 0.889. The molecule has 270 valence electrons. The van der Waals surface area contributed by atoms with Crippen LogP contribution in [0.1, 0.15) is 29.0 Å². The minimum absolute atomic E-state index is 0.111. The van der Waals surface area contributed by atoms with E-state index in [1.807, 2.05) is 23.5 Å². The van der Waals surface area contributed by atoms with E-state index in [1.54, 1.807) is 0 Å². The molecule has 8 aromatic carbocycles. The third kappa shape index (κ3) is 5.30. The van der Waals surface area contributed by atoms with Crippen molar-refractivity contribution >= 4 is 81.1 Å². The maximum atomic E-state index is 6.41. The molecule has 0 radical (unpaired) electrons. The minimum Gasteiger partial charge on any atom is -0.456 e. The molecule has 0 aliphatic carbocycles. The fourth-order valence-corrected chi connectivity index (χ4v) is 9.85. The molecule has 1 aliphatic rings. The highest BCUT2D eigenvalue weighted by molar-refractivity contribution is 7.25. The van der Waals surface area contributed by atoms with Crippen LogP contribution in [0, 0.1) is 0 Å². The summed E-state index contributed by atoms with van der Waals surface area (Å²) in [6.07, 6.45) is -0.279. The van der Waals surface area contributed by atoms with E-state index >= 15 is 0 Å². The third-order valence-electron chi connectivity index (χ3n) is 11.5. The Bertz CT molecular complexity index is 3320. The number of nitrogens with zero attached hydrogens (tertiary/aromatic N) is 2. The first-order chi connectivity index (χ1) is 28.2. The van der Waals surface area contributed by atoms with Gasteiger partial charge in [0.2, 0.25) is 0 Å². The van der Waals surface area contributed by atoms with Crippen LogP contribution < -0.4 is 10.6 Å². The second kappa shape index (κ2) is 12.8. The Balaban J connectivity index is 0.913. The summed E-state index contributed by atoms with van der Waals surface area (Å²) in [6.45, 7) is 0. The molecule has 5 nitrogen and oxygen atoms in total. The number of hydrogen-bond acceptors (Lipinski definition) is 5. The average Bonchev–Trinajstić information content (AvgIpc) is 3.95. The van der Waals surface area contributed by atoms with Gasteiger partial charge in [-0.3, -0.25) is 5.32 Å². The Morgan fingerprint density at radius 2 is 1.12 bits per heavy atom. The molecule has 2 N–H and O–H groups in total. The fraction of sp³-hybridized carbons (Fsp3) is 0.0392. The molecule has 0 spiro atoms. The maximum Gasteiger partial charge on any atom is 0.135 e. The molecule has 1 aliphatic heterocycles. The normalized spacial score (nSPS) is 15.9. The van der Waals surface area contributed by atoms with Crippen molar-refractivity contribution < 1.29 is 4.42 Å². The van der Waals surface area contributed by atoms with Gasteiger partial charge >= 0.3 is 0 Å². The first kappa shape index (κ1) is 32.3. The highest BCUT2D eigenvalue weighted by Crippen LogP contribution is 2.40. The van der Waals surface area contributed by atoms with Crippen molar-refractivity contribution in [1.29, 1.82) is 0 Å². The molecule has 4 heterocycles. The summed E-state index contributed by atoms with van der Waals surface area (Å²) in [5.41, 5.74) is 11.0. The zero-order valence-corrected chi connectivity index (χ0v) is 31.5. The molecule has 0 fully saturated rings. The molecule has 12 rings (SSSR count). The predicted octanol–water partition coefficient (Wildman–Crippen LogP) is 13.1. The molecule has 0 saturated heterocycles. The van der Waals surface area contributed by atoms with E-state index in [2.05, 4.69) is 185 Å². The van der Waals surface area contributed by atoms with Crippen molar-refractivity contribution in [1.82, 2.24) is 15.2 Å². The minimum atomic E-state index is -0.168. The Kier molecular flexibility index (Phi) is 7.24. The molecule has 2 atom stereocenters. The Morgan fingerprint density at radius 1 is 0.474 bits per heavy atom. The van der Waals surface area contributed by atoms with Crippen LogP contribution in [0.25, 0.3) is 80.7 Å². The van der Waals surface area contributed by atoms with Crippen LogP contribution in [0.5, 0.6) is 0 Å². The molecule has 11 aromatic rings. The number of rotatable bonds is 5. The standard InChI is InChI=1S/C51H34N4OS/c1-3-11-31(12-4-1)49-52-50(32-13-5-2-6-14-32)54-51(53-49)35-19-23-39-42-28-34(21-26-47(42)57-48(39)29-35)33-20-24-45-40(27-33)41-30-36(22-25-46(41)56-45)55-43-17-9-7-15-37(43)38-16-8-10-18-44(38)55/h1-30,49,51,53H,(H,52,54). The van der Waals surface area contributed by atoms with Crippen molar-refractivity contribution in [2.24, 2.45) is 4.99 Å². The molecular weight excluding hydrogens is 717 g/mol. The molecular formula is C51H34N4OS. The molecule has 0 amide bonds. The largest absolute Gasteiger partial charge is 0.456 e. The summed E-state index contributed by atoms with van der Waals surface area (Å²) in [5, 5.41) is 14.7. The van der Waals surface area contributed by atoms with E-state index in [-0.39, 0.29) is 12.3 Å². The second-order valence-electron chi connectivity index (χ2n) is 14.8. The topological polar surface area (TPSA) is 54.5 Å². The number of aliphatic imine (C=N–C) groups is 1. The summed E-state index contributed by atoms with van der Waals surface area (Å²) in [6, 6.07) is 65.0. The number of hydrogen-bond donors (Lipinski definition) is 2. The molecule has 6 heteroatoms. The van der Waals surface area contributed by atoms with E-state index in [1.165, 1.54) is 58.7 Å². The highest BCUT2D eigenvalue weighted by atomic mass is 32.1. The lowest BCUT2D eigenvalue weighted by Gasteiger charge is -2.32. The van der Waals surface area contributed by atoms with Crippen LogP contribution in [-0.4, -0.2) is 10.4 Å². The van der Waals surface area contributed by atoms with Gasteiger partial charge in [-0.2, -0.15) is 0 Å². The van der Waals surface area contributed by atoms with E-state index in [0.717, 1.165) is 44.6 Å². The van der Waals surface area contributed by atoms with E-state index in [9.17, 15) is 0 Å². The van der Waals surface area contributed by atoms with Crippen LogP contribution in [-0.2, 0) is 0 Å². The molecule has 2 unspecified atom stereocenters. The number of furan rings is 1. The predicted molar refractivity (Wildman–Crippen MR) is 238 cm³/mol. The van der Waals surface area contributed by atoms with Gasteiger partial charge in [-0.15, -0.1) is 11.3 Å². The first-order valence-corrected chi connectivity index (χ1v) is 20.2. The number of fused-ring (bicyclic) bond motifs is 9. The first-order valence-electron chi connectivity index (χ1n) is 19.3. The number of nitrogens with one attached hydrogen (secondary N) is 2. The van der Waals surface area contributed by atoms with Gasteiger partial charge in [0, 0.05) is 53.0 Å². The fourth-order valence-electron chi connectivity index (χ4n) is 8.72. The highest BCUT2D eigenvalue weighted by Gasteiger charge is 2.26. The van der Waals surface area contributed by atoms with Crippen molar-refractivity contribution in [3.63, 3.8) is 0 Å². The van der Waals surface area contributed by atoms with Gasteiger partial charge < -0.3 is 14.3 Å². The quantitative estimate of drug-likeness (QED) is 0.184. The van der Waals surface area contributed by atoms with Crippen molar-refractivity contribution in [3.8, 4) is 16.8 Å². The summed E-state index contributed by atoms with van der Waals surface area (Å²) < 4.78 is 11.3. The number of amidine groups is 1. The number of aromatic nitrogens is 1. The summed E-state index contributed by atoms with van der Waals surface area (Å²) in [4.78, 5) is 5.09. The van der Waals surface area contributed by atoms with Crippen LogP contribution in [0.15, 0.2) is 191 Å².